The minimum absolute atomic E-state index is 0.00959. The first-order chi connectivity index (χ1) is 15.7. The number of hydrogen-bond donors (Lipinski definition) is 2. The number of benzene rings is 2. The molecule has 0 aliphatic heterocycles. The summed E-state index contributed by atoms with van der Waals surface area (Å²) in [5.74, 6) is -4.17. The molecule has 0 amide bonds. The van der Waals surface area contributed by atoms with Gasteiger partial charge in [0.1, 0.15) is 29.6 Å². The number of alkyl halides is 3. The second-order valence-corrected chi connectivity index (χ2v) is 7.98. The van der Waals surface area contributed by atoms with Crippen LogP contribution in [0.1, 0.15) is 59.0 Å². The normalized spacial score (nSPS) is 17.4. The van der Waals surface area contributed by atoms with Crippen molar-refractivity contribution in [1.29, 1.82) is 5.26 Å². The van der Waals surface area contributed by atoms with E-state index in [0.29, 0.717) is 5.56 Å². The molecule has 0 bridgehead atoms. The highest BCUT2D eigenvalue weighted by molar-refractivity contribution is 5.76. The minimum Gasteiger partial charge on any atom is -0.382 e. The van der Waals surface area contributed by atoms with Gasteiger partial charge in [0.05, 0.1) is 11.6 Å². The van der Waals surface area contributed by atoms with Crippen molar-refractivity contribution >= 4 is 5.82 Å². The Morgan fingerprint density at radius 3 is 2.67 bits per heavy atom. The topological polar surface area (TPSA) is 95.8 Å². The Hall–Kier alpha value is -3.51. The second kappa shape index (κ2) is 8.45. The molecule has 5 nitrogen and oxygen atoms in total. The standard InChI is InChI=1S/C24H20F4N4O/c1-2-19(26)17-9-14(25)7-13(11-29)16(17)8-12-3-4-15(21-23(30)32-6-5-31-21)20-18(12)10-24(27,28)22(20)33/h3-7,9,19,22,33H,2,8,10H2,1H3,(H2,30,32). The molecular formula is C24H20F4N4O. The molecule has 0 saturated heterocycles. The number of aliphatic hydroxyl groups is 1. The predicted octanol–water partition coefficient (Wildman–Crippen LogP) is 4.97. The third kappa shape index (κ3) is 3.91. The van der Waals surface area contributed by atoms with Crippen LogP contribution < -0.4 is 5.73 Å². The van der Waals surface area contributed by atoms with Gasteiger partial charge in [-0.15, -0.1) is 0 Å². The number of fused-ring (bicyclic) bond motifs is 1. The van der Waals surface area contributed by atoms with Crippen LogP contribution in [0.15, 0.2) is 36.7 Å². The van der Waals surface area contributed by atoms with Gasteiger partial charge in [0.25, 0.3) is 5.92 Å². The molecule has 1 aliphatic carbocycles. The number of nitrogen functional groups attached to an aromatic ring is 1. The smallest absolute Gasteiger partial charge is 0.281 e. The predicted molar refractivity (Wildman–Crippen MR) is 114 cm³/mol. The SMILES string of the molecule is CCC(F)c1cc(F)cc(C#N)c1Cc1ccc(-c2nccnc2N)c2c1CC(F)(F)C2O. The van der Waals surface area contributed by atoms with Crippen molar-refractivity contribution in [1.82, 2.24) is 9.97 Å². The van der Waals surface area contributed by atoms with Crippen LogP contribution >= 0.6 is 0 Å². The van der Waals surface area contributed by atoms with Crippen molar-refractivity contribution in [2.45, 2.75) is 44.4 Å². The van der Waals surface area contributed by atoms with Crippen molar-refractivity contribution in [3.63, 3.8) is 0 Å². The van der Waals surface area contributed by atoms with Gasteiger partial charge in [0.2, 0.25) is 0 Å². The number of rotatable bonds is 5. The van der Waals surface area contributed by atoms with Crippen LogP contribution in [0.4, 0.5) is 23.4 Å². The lowest BCUT2D eigenvalue weighted by Crippen LogP contribution is -2.21. The number of aromatic nitrogens is 2. The summed E-state index contributed by atoms with van der Waals surface area (Å²) in [6, 6.07) is 6.96. The van der Waals surface area contributed by atoms with Gasteiger partial charge in [-0.2, -0.15) is 5.26 Å². The third-order valence-electron chi connectivity index (χ3n) is 5.95. The fraction of sp³-hybridized carbons (Fsp3) is 0.292. The molecule has 2 atom stereocenters. The van der Waals surface area contributed by atoms with Crippen molar-refractivity contribution in [2.75, 3.05) is 5.73 Å². The van der Waals surface area contributed by atoms with Crippen LogP contribution in [-0.2, 0) is 12.8 Å². The summed E-state index contributed by atoms with van der Waals surface area (Å²) in [4.78, 5) is 8.07. The molecule has 0 spiro atoms. The molecule has 2 unspecified atom stereocenters. The van der Waals surface area contributed by atoms with Crippen molar-refractivity contribution < 1.29 is 22.7 Å². The molecule has 0 fully saturated rings. The van der Waals surface area contributed by atoms with Gasteiger partial charge in [-0.3, -0.25) is 4.98 Å². The Balaban J connectivity index is 1.91. The average molecular weight is 456 g/mol. The molecular weight excluding hydrogens is 436 g/mol. The molecule has 9 heteroatoms. The summed E-state index contributed by atoms with van der Waals surface area (Å²) in [5, 5.41) is 20.0. The average Bonchev–Trinajstić information content (AvgIpc) is 3.04. The zero-order chi connectivity index (χ0) is 23.9. The molecule has 1 aromatic heterocycles. The molecule has 1 heterocycles. The quantitative estimate of drug-likeness (QED) is 0.529. The van der Waals surface area contributed by atoms with E-state index in [1.165, 1.54) is 18.5 Å². The first-order valence-corrected chi connectivity index (χ1v) is 10.3. The van der Waals surface area contributed by atoms with Crippen LogP contribution in [0.25, 0.3) is 11.3 Å². The van der Waals surface area contributed by atoms with E-state index < -0.39 is 30.4 Å². The van der Waals surface area contributed by atoms with Crippen LogP contribution in [-0.4, -0.2) is 21.0 Å². The maximum absolute atomic E-state index is 14.6. The number of nitriles is 1. The summed E-state index contributed by atoms with van der Waals surface area (Å²) in [6.45, 7) is 1.58. The number of aliphatic hydroxyl groups excluding tert-OH is 1. The lowest BCUT2D eigenvalue weighted by atomic mass is 9.88. The van der Waals surface area contributed by atoms with Crippen molar-refractivity contribution in [3.05, 3.63) is 75.9 Å². The fourth-order valence-electron chi connectivity index (χ4n) is 4.35. The zero-order valence-electron chi connectivity index (χ0n) is 17.6. The van der Waals surface area contributed by atoms with Crippen molar-refractivity contribution in [2.24, 2.45) is 0 Å². The van der Waals surface area contributed by atoms with Gasteiger partial charge >= 0.3 is 0 Å². The highest BCUT2D eigenvalue weighted by Crippen LogP contribution is 2.49. The van der Waals surface area contributed by atoms with Crippen LogP contribution in [0, 0.1) is 17.1 Å². The summed E-state index contributed by atoms with van der Waals surface area (Å²) >= 11 is 0. The maximum atomic E-state index is 14.6. The minimum atomic E-state index is -3.44. The van der Waals surface area contributed by atoms with Gasteiger partial charge in [-0.25, -0.2) is 22.5 Å². The fourth-order valence-corrected chi connectivity index (χ4v) is 4.35. The number of nitrogens with zero attached hydrogens (tertiary/aromatic N) is 3. The molecule has 1 aliphatic rings. The van der Waals surface area contributed by atoms with E-state index in [-0.39, 0.29) is 57.7 Å². The van der Waals surface area contributed by atoms with E-state index in [9.17, 15) is 27.9 Å². The van der Waals surface area contributed by atoms with Crippen LogP contribution in [0.3, 0.4) is 0 Å². The van der Waals surface area contributed by atoms with E-state index in [1.54, 1.807) is 13.0 Å². The van der Waals surface area contributed by atoms with E-state index in [1.807, 2.05) is 6.07 Å². The lowest BCUT2D eigenvalue weighted by Gasteiger charge is -2.18. The van der Waals surface area contributed by atoms with Gasteiger partial charge < -0.3 is 10.8 Å². The molecule has 0 saturated carbocycles. The molecule has 33 heavy (non-hydrogen) atoms. The number of anilines is 1. The van der Waals surface area contributed by atoms with E-state index in [4.69, 9.17) is 5.73 Å². The number of nitrogens with two attached hydrogens (primary N) is 1. The third-order valence-corrected chi connectivity index (χ3v) is 5.95. The summed E-state index contributed by atoms with van der Waals surface area (Å²) < 4.78 is 57.9. The van der Waals surface area contributed by atoms with Gasteiger partial charge in [0.15, 0.2) is 0 Å². The highest BCUT2D eigenvalue weighted by atomic mass is 19.3. The van der Waals surface area contributed by atoms with Gasteiger partial charge in [-0.05, 0) is 52.8 Å². The van der Waals surface area contributed by atoms with E-state index in [0.717, 1.165) is 12.1 Å². The van der Waals surface area contributed by atoms with E-state index in [2.05, 4.69) is 9.97 Å². The van der Waals surface area contributed by atoms with Crippen LogP contribution in [0.2, 0.25) is 0 Å². The molecule has 3 aromatic rings. The van der Waals surface area contributed by atoms with Gasteiger partial charge in [-0.1, -0.05) is 19.1 Å². The van der Waals surface area contributed by atoms with E-state index >= 15 is 0 Å². The Labute approximate surface area is 187 Å². The van der Waals surface area contributed by atoms with Gasteiger partial charge in [0, 0.05) is 24.4 Å². The number of hydrogen-bond acceptors (Lipinski definition) is 5. The molecule has 0 radical (unpaired) electrons. The zero-order valence-corrected chi connectivity index (χ0v) is 17.6. The number of halogens is 4. The molecule has 2 aromatic carbocycles. The van der Waals surface area contributed by atoms with Crippen LogP contribution in [0.5, 0.6) is 0 Å². The Morgan fingerprint density at radius 2 is 2.00 bits per heavy atom. The maximum Gasteiger partial charge on any atom is 0.281 e. The second-order valence-electron chi connectivity index (χ2n) is 7.98. The highest BCUT2D eigenvalue weighted by Gasteiger charge is 2.49. The summed E-state index contributed by atoms with van der Waals surface area (Å²) in [7, 11) is 0. The molecule has 3 N–H and O–H groups in total. The Kier molecular flexibility index (Phi) is 5.80. The first-order valence-electron chi connectivity index (χ1n) is 10.3. The largest absolute Gasteiger partial charge is 0.382 e. The Bertz CT molecular complexity index is 1270. The molecule has 4 rings (SSSR count). The monoisotopic (exact) mass is 456 g/mol. The summed E-state index contributed by atoms with van der Waals surface area (Å²) in [6.07, 6.45) is -1.68. The van der Waals surface area contributed by atoms with Crippen molar-refractivity contribution in [3.8, 4) is 17.3 Å². The Morgan fingerprint density at radius 1 is 1.27 bits per heavy atom. The first kappa shape index (κ1) is 22.7. The summed E-state index contributed by atoms with van der Waals surface area (Å²) in [5.41, 5.74) is 6.95. The lowest BCUT2D eigenvalue weighted by molar-refractivity contribution is -0.0966. The molecule has 170 valence electrons.